The second-order valence-corrected chi connectivity index (χ2v) is 4.78. The highest BCUT2D eigenvalue weighted by Gasteiger charge is 2.11. The lowest BCUT2D eigenvalue weighted by molar-refractivity contribution is 0.0953. The zero-order valence-electron chi connectivity index (χ0n) is 12.5. The van der Waals surface area contributed by atoms with Crippen LogP contribution in [0.15, 0.2) is 30.7 Å². The minimum Gasteiger partial charge on any atom is -0.385 e. The summed E-state index contributed by atoms with van der Waals surface area (Å²) in [5.41, 5.74) is 2.30. The van der Waals surface area contributed by atoms with Gasteiger partial charge in [-0.25, -0.2) is 0 Å². The third-order valence-electron chi connectivity index (χ3n) is 3.06. The molecule has 2 aromatic heterocycles. The van der Waals surface area contributed by atoms with E-state index < -0.39 is 0 Å². The van der Waals surface area contributed by atoms with Crippen LogP contribution in [0.5, 0.6) is 0 Å². The van der Waals surface area contributed by atoms with Gasteiger partial charge in [0.25, 0.3) is 5.91 Å². The minimum absolute atomic E-state index is 0.0982. The number of hydrogen-bond acceptors (Lipinski definition) is 4. The van der Waals surface area contributed by atoms with Crippen LogP contribution in [0, 0.1) is 6.92 Å². The van der Waals surface area contributed by atoms with Crippen LogP contribution in [-0.2, 0) is 6.54 Å². The fraction of sp³-hybridized carbons (Fsp3) is 0.400. The summed E-state index contributed by atoms with van der Waals surface area (Å²) in [6.45, 7) is 6.08. The van der Waals surface area contributed by atoms with Crippen LogP contribution < -0.4 is 10.6 Å². The molecule has 0 radical (unpaired) electrons. The molecule has 2 heterocycles. The second kappa shape index (κ2) is 7.42. The molecule has 0 unspecified atom stereocenters. The van der Waals surface area contributed by atoms with E-state index in [9.17, 15) is 4.79 Å². The topological polar surface area (TPSA) is 71.8 Å². The SMILES string of the molecule is CCNc1cc(C)ncc1C(=O)NCCCn1cccn1. The van der Waals surface area contributed by atoms with Crippen LogP contribution >= 0.6 is 0 Å². The number of anilines is 1. The molecule has 1 amide bonds. The van der Waals surface area contributed by atoms with E-state index in [1.54, 1.807) is 12.4 Å². The number of aryl methyl sites for hydroxylation is 2. The standard InChI is InChI=1S/C15H21N5O/c1-3-16-14-10-12(2)18-11-13(14)15(21)17-6-4-8-20-9-5-7-19-20/h5,7,9-11H,3-4,6,8H2,1-2H3,(H,16,18)(H,17,21). The highest BCUT2D eigenvalue weighted by molar-refractivity contribution is 5.99. The number of aromatic nitrogens is 3. The van der Waals surface area contributed by atoms with Gasteiger partial charge in [0.05, 0.1) is 11.3 Å². The molecule has 0 aliphatic rings. The van der Waals surface area contributed by atoms with Crippen molar-refractivity contribution in [1.82, 2.24) is 20.1 Å². The highest BCUT2D eigenvalue weighted by Crippen LogP contribution is 2.15. The first-order valence-electron chi connectivity index (χ1n) is 7.17. The summed E-state index contributed by atoms with van der Waals surface area (Å²) in [6.07, 6.45) is 6.12. The molecule has 0 saturated carbocycles. The zero-order valence-corrected chi connectivity index (χ0v) is 12.5. The van der Waals surface area contributed by atoms with Crippen molar-refractivity contribution in [3.63, 3.8) is 0 Å². The van der Waals surface area contributed by atoms with Gasteiger partial charge in [-0.1, -0.05) is 0 Å². The summed E-state index contributed by atoms with van der Waals surface area (Å²) < 4.78 is 1.85. The van der Waals surface area contributed by atoms with Gasteiger partial charge in [0.2, 0.25) is 0 Å². The molecule has 0 atom stereocenters. The third-order valence-corrected chi connectivity index (χ3v) is 3.06. The van der Waals surface area contributed by atoms with Crippen molar-refractivity contribution in [3.8, 4) is 0 Å². The number of carbonyl (C=O) groups excluding carboxylic acids is 1. The molecular formula is C15H21N5O. The van der Waals surface area contributed by atoms with E-state index in [2.05, 4.69) is 20.7 Å². The molecule has 0 bridgehead atoms. The van der Waals surface area contributed by atoms with E-state index >= 15 is 0 Å². The van der Waals surface area contributed by atoms with Crippen molar-refractivity contribution in [2.24, 2.45) is 0 Å². The second-order valence-electron chi connectivity index (χ2n) is 4.78. The lowest BCUT2D eigenvalue weighted by Crippen LogP contribution is -2.26. The summed E-state index contributed by atoms with van der Waals surface area (Å²) in [5.74, 6) is -0.0982. The molecule has 0 aliphatic carbocycles. The summed E-state index contributed by atoms with van der Waals surface area (Å²) >= 11 is 0. The van der Waals surface area contributed by atoms with Crippen LogP contribution in [-0.4, -0.2) is 33.8 Å². The Hall–Kier alpha value is -2.37. The summed E-state index contributed by atoms with van der Waals surface area (Å²) in [5, 5.41) is 10.2. The Bertz CT molecular complexity index is 580. The monoisotopic (exact) mass is 287 g/mol. The van der Waals surface area contributed by atoms with E-state index in [1.807, 2.05) is 36.9 Å². The van der Waals surface area contributed by atoms with Crippen LogP contribution in [0.3, 0.4) is 0 Å². The van der Waals surface area contributed by atoms with Crippen molar-refractivity contribution in [3.05, 3.63) is 42.0 Å². The molecule has 6 nitrogen and oxygen atoms in total. The Balaban J connectivity index is 1.87. The summed E-state index contributed by atoms with van der Waals surface area (Å²) in [7, 11) is 0. The van der Waals surface area contributed by atoms with Gasteiger partial charge in [0, 0.05) is 43.9 Å². The predicted molar refractivity (Wildman–Crippen MR) is 82.3 cm³/mol. The molecule has 0 aliphatic heterocycles. The van der Waals surface area contributed by atoms with E-state index in [1.165, 1.54) is 0 Å². The first-order chi connectivity index (χ1) is 10.2. The number of amides is 1. The molecule has 0 saturated heterocycles. The Kier molecular flexibility index (Phi) is 5.31. The summed E-state index contributed by atoms with van der Waals surface area (Å²) in [4.78, 5) is 16.4. The van der Waals surface area contributed by atoms with E-state index in [0.717, 1.165) is 30.9 Å². The molecule has 2 aromatic rings. The van der Waals surface area contributed by atoms with Gasteiger partial charge in [-0.2, -0.15) is 5.10 Å². The number of hydrogen-bond donors (Lipinski definition) is 2. The van der Waals surface area contributed by atoms with Crippen LogP contribution in [0.2, 0.25) is 0 Å². The maximum atomic E-state index is 12.2. The molecule has 2 rings (SSSR count). The van der Waals surface area contributed by atoms with Gasteiger partial charge >= 0.3 is 0 Å². The molecule has 2 N–H and O–H groups in total. The first-order valence-corrected chi connectivity index (χ1v) is 7.17. The normalized spacial score (nSPS) is 10.4. The number of carbonyl (C=O) groups is 1. The Morgan fingerprint density at radius 3 is 3.00 bits per heavy atom. The van der Waals surface area contributed by atoms with Crippen molar-refractivity contribution < 1.29 is 4.79 Å². The fourth-order valence-corrected chi connectivity index (χ4v) is 2.05. The van der Waals surface area contributed by atoms with Crippen LogP contribution in [0.25, 0.3) is 0 Å². The van der Waals surface area contributed by atoms with E-state index in [4.69, 9.17) is 0 Å². The first kappa shape index (κ1) is 15.0. The molecule has 0 spiro atoms. The Labute approximate surface area is 124 Å². The molecular weight excluding hydrogens is 266 g/mol. The van der Waals surface area contributed by atoms with Gasteiger partial charge in [0.1, 0.15) is 0 Å². The lowest BCUT2D eigenvalue weighted by Gasteiger charge is -2.11. The quantitative estimate of drug-likeness (QED) is 0.762. The van der Waals surface area contributed by atoms with Gasteiger partial charge in [0.15, 0.2) is 0 Å². The molecule has 112 valence electrons. The van der Waals surface area contributed by atoms with Crippen molar-refractivity contribution in [2.75, 3.05) is 18.4 Å². The van der Waals surface area contributed by atoms with Gasteiger partial charge < -0.3 is 10.6 Å². The summed E-state index contributed by atoms with van der Waals surface area (Å²) in [6, 6.07) is 3.78. The van der Waals surface area contributed by atoms with Gasteiger partial charge in [-0.05, 0) is 32.4 Å². The fourth-order valence-electron chi connectivity index (χ4n) is 2.05. The number of pyridine rings is 1. The molecule has 0 aromatic carbocycles. The average molecular weight is 287 g/mol. The lowest BCUT2D eigenvalue weighted by atomic mass is 10.2. The predicted octanol–water partition coefficient (Wildman–Crippen LogP) is 1.84. The van der Waals surface area contributed by atoms with Crippen LogP contribution in [0.1, 0.15) is 29.4 Å². The maximum Gasteiger partial charge on any atom is 0.254 e. The highest BCUT2D eigenvalue weighted by atomic mass is 16.1. The maximum absolute atomic E-state index is 12.2. The molecule has 0 fully saturated rings. The number of nitrogens with one attached hydrogen (secondary N) is 2. The number of nitrogens with zero attached hydrogens (tertiary/aromatic N) is 3. The van der Waals surface area contributed by atoms with Crippen molar-refractivity contribution in [2.45, 2.75) is 26.8 Å². The smallest absolute Gasteiger partial charge is 0.254 e. The Morgan fingerprint density at radius 1 is 1.43 bits per heavy atom. The van der Waals surface area contributed by atoms with Gasteiger partial charge in [-0.3, -0.25) is 14.5 Å². The van der Waals surface area contributed by atoms with E-state index in [-0.39, 0.29) is 5.91 Å². The van der Waals surface area contributed by atoms with Gasteiger partial charge in [-0.15, -0.1) is 0 Å². The minimum atomic E-state index is -0.0982. The number of rotatable bonds is 7. The van der Waals surface area contributed by atoms with Crippen molar-refractivity contribution in [1.29, 1.82) is 0 Å². The van der Waals surface area contributed by atoms with E-state index in [0.29, 0.717) is 12.1 Å². The molecule has 21 heavy (non-hydrogen) atoms. The van der Waals surface area contributed by atoms with Crippen LogP contribution in [0.4, 0.5) is 5.69 Å². The third kappa shape index (κ3) is 4.30. The Morgan fingerprint density at radius 2 is 2.29 bits per heavy atom. The average Bonchev–Trinajstić information content (AvgIpc) is 2.97. The molecule has 6 heteroatoms. The van der Waals surface area contributed by atoms with Crippen molar-refractivity contribution >= 4 is 11.6 Å². The largest absolute Gasteiger partial charge is 0.385 e. The zero-order chi connectivity index (χ0) is 15.1.